The fraction of sp³-hybridized carbons (Fsp3) is 0.333. The zero-order valence-electron chi connectivity index (χ0n) is 11.9. The van der Waals surface area contributed by atoms with E-state index in [1.807, 2.05) is 32.2 Å². The summed E-state index contributed by atoms with van der Waals surface area (Å²) in [4.78, 5) is 8.45. The smallest absolute Gasteiger partial charge is 0.227 e. The lowest BCUT2D eigenvalue weighted by Gasteiger charge is -2.13. The largest absolute Gasteiger partial charge is 0.437 e. The summed E-state index contributed by atoms with van der Waals surface area (Å²) in [5, 5.41) is 3.65. The van der Waals surface area contributed by atoms with Gasteiger partial charge in [0, 0.05) is 7.05 Å². The van der Waals surface area contributed by atoms with Crippen LogP contribution >= 0.6 is 11.6 Å². The Morgan fingerprint density at radius 1 is 1.30 bits per heavy atom. The van der Waals surface area contributed by atoms with Crippen LogP contribution in [0.1, 0.15) is 24.5 Å². The van der Waals surface area contributed by atoms with Gasteiger partial charge in [0.05, 0.1) is 10.6 Å². The van der Waals surface area contributed by atoms with Crippen molar-refractivity contribution in [3.8, 4) is 11.6 Å². The number of benzene rings is 1. The fourth-order valence-corrected chi connectivity index (χ4v) is 2.24. The average molecular weight is 292 g/mol. The molecule has 0 aliphatic heterocycles. The highest BCUT2D eigenvalue weighted by Gasteiger charge is 2.13. The number of halogens is 1. The van der Waals surface area contributed by atoms with Crippen molar-refractivity contribution in [2.45, 2.75) is 26.7 Å². The molecule has 0 atom stereocenters. The summed E-state index contributed by atoms with van der Waals surface area (Å²) in [5.74, 6) is 1.95. The van der Waals surface area contributed by atoms with E-state index < -0.39 is 0 Å². The van der Waals surface area contributed by atoms with Gasteiger partial charge in [0.1, 0.15) is 17.9 Å². The molecule has 1 aromatic carbocycles. The third-order valence-electron chi connectivity index (χ3n) is 2.94. The quantitative estimate of drug-likeness (QED) is 0.896. The van der Waals surface area contributed by atoms with E-state index >= 15 is 0 Å². The van der Waals surface area contributed by atoms with Gasteiger partial charge in [0.25, 0.3) is 0 Å². The highest BCUT2D eigenvalue weighted by atomic mass is 35.5. The molecule has 2 aromatic rings. The molecule has 1 N–H and O–H groups in total. The van der Waals surface area contributed by atoms with E-state index in [0.717, 1.165) is 29.8 Å². The maximum Gasteiger partial charge on any atom is 0.227 e. The molecular formula is C15H18ClN3O. The molecule has 0 spiro atoms. The Morgan fingerprint density at radius 2 is 2.10 bits per heavy atom. The van der Waals surface area contributed by atoms with Crippen molar-refractivity contribution < 1.29 is 4.74 Å². The summed E-state index contributed by atoms with van der Waals surface area (Å²) in [6, 6.07) is 5.69. The number of aryl methyl sites for hydroxylation is 1. The van der Waals surface area contributed by atoms with Crippen LogP contribution in [0.4, 0.5) is 5.82 Å². The molecule has 1 heterocycles. The van der Waals surface area contributed by atoms with Crippen molar-refractivity contribution in [3.05, 3.63) is 40.7 Å². The van der Waals surface area contributed by atoms with Crippen LogP contribution in [0, 0.1) is 6.92 Å². The van der Waals surface area contributed by atoms with Crippen molar-refractivity contribution in [3.63, 3.8) is 0 Å². The van der Waals surface area contributed by atoms with Gasteiger partial charge in [0.15, 0.2) is 0 Å². The molecule has 4 nitrogen and oxygen atoms in total. The second kappa shape index (κ2) is 6.57. The molecule has 0 aliphatic rings. The Kier molecular flexibility index (Phi) is 4.79. The standard InChI is InChI=1S/C15H18ClN3O/c1-4-5-11-14(17-3)18-9-19-15(11)20-13-7-6-10(2)8-12(13)16/h6-9H,4-5H2,1-3H3,(H,17,18,19). The number of nitrogens with one attached hydrogen (secondary N) is 1. The van der Waals surface area contributed by atoms with E-state index in [4.69, 9.17) is 16.3 Å². The maximum atomic E-state index is 6.20. The second-order valence-electron chi connectivity index (χ2n) is 4.54. The lowest BCUT2D eigenvalue weighted by Crippen LogP contribution is -2.03. The van der Waals surface area contributed by atoms with Crippen LogP contribution in [-0.2, 0) is 6.42 Å². The molecule has 0 amide bonds. The lowest BCUT2D eigenvalue weighted by molar-refractivity contribution is 0.454. The molecule has 1 aromatic heterocycles. The molecule has 2 rings (SSSR count). The van der Waals surface area contributed by atoms with Crippen LogP contribution in [-0.4, -0.2) is 17.0 Å². The number of anilines is 1. The Morgan fingerprint density at radius 3 is 2.75 bits per heavy atom. The number of aromatic nitrogens is 2. The van der Waals surface area contributed by atoms with Gasteiger partial charge in [-0.25, -0.2) is 9.97 Å². The SMILES string of the molecule is CCCc1c(NC)ncnc1Oc1ccc(C)cc1Cl. The number of nitrogens with zero attached hydrogens (tertiary/aromatic N) is 2. The van der Waals surface area contributed by atoms with Gasteiger partial charge in [0.2, 0.25) is 5.88 Å². The van der Waals surface area contributed by atoms with Crippen LogP contribution in [0.25, 0.3) is 0 Å². The third kappa shape index (κ3) is 3.20. The molecule has 0 radical (unpaired) electrons. The van der Waals surface area contributed by atoms with Crippen LogP contribution in [0.3, 0.4) is 0 Å². The molecule has 0 aliphatic carbocycles. The van der Waals surface area contributed by atoms with Gasteiger partial charge in [-0.05, 0) is 31.0 Å². The minimum Gasteiger partial charge on any atom is -0.437 e. The summed E-state index contributed by atoms with van der Waals surface area (Å²) >= 11 is 6.20. The maximum absolute atomic E-state index is 6.20. The number of rotatable bonds is 5. The zero-order valence-corrected chi connectivity index (χ0v) is 12.7. The van der Waals surface area contributed by atoms with E-state index in [2.05, 4.69) is 22.2 Å². The van der Waals surface area contributed by atoms with Crippen LogP contribution < -0.4 is 10.1 Å². The Labute approximate surface area is 124 Å². The van der Waals surface area contributed by atoms with Gasteiger partial charge < -0.3 is 10.1 Å². The summed E-state index contributed by atoms with van der Waals surface area (Å²) in [6.45, 7) is 4.09. The normalized spacial score (nSPS) is 10.4. The first-order chi connectivity index (χ1) is 9.65. The van der Waals surface area contributed by atoms with E-state index in [0.29, 0.717) is 16.7 Å². The molecule has 0 saturated carbocycles. The van der Waals surface area contributed by atoms with Gasteiger partial charge in [-0.1, -0.05) is 31.0 Å². The first-order valence-corrected chi connectivity index (χ1v) is 6.99. The van der Waals surface area contributed by atoms with E-state index in [1.165, 1.54) is 6.33 Å². The van der Waals surface area contributed by atoms with Crippen molar-refractivity contribution in [2.75, 3.05) is 12.4 Å². The van der Waals surface area contributed by atoms with E-state index in [1.54, 1.807) is 0 Å². The van der Waals surface area contributed by atoms with E-state index in [-0.39, 0.29) is 0 Å². The number of ether oxygens (including phenoxy) is 1. The Hall–Kier alpha value is -1.81. The molecule has 0 saturated heterocycles. The predicted molar refractivity (Wildman–Crippen MR) is 81.8 cm³/mol. The number of hydrogen-bond donors (Lipinski definition) is 1. The fourth-order valence-electron chi connectivity index (χ4n) is 1.97. The number of hydrogen-bond acceptors (Lipinski definition) is 4. The highest BCUT2D eigenvalue weighted by Crippen LogP contribution is 2.32. The lowest BCUT2D eigenvalue weighted by atomic mass is 10.1. The average Bonchev–Trinajstić information content (AvgIpc) is 2.43. The summed E-state index contributed by atoms with van der Waals surface area (Å²) in [5.41, 5.74) is 2.06. The van der Waals surface area contributed by atoms with Gasteiger partial charge in [-0.3, -0.25) is 0 Å². The minimum atomic E-state index is 0.553. The molecular weight excluding hydrogens is 274 g/mol. The van der Waals surface area contributed by atoms with Crippen LogP contribution in [0.15, 0.2) is 24.5 Å². The third-order valence-corrected chi connectivity index (χ3v) is 3.23. The van der Waals surface area contributed by atoms with Gasteiger partial charge in [-0.15, -0.1) is 0 Å². The second-order valence-corrected chi connectivity index (χ2v) is 4.95. The highest BCUT2D eigenvalue weighted by molar-refractivity contribution is 6.32. The molecule has 0 fully saturated rings. The minimum absolute atomic E-state index is 0.553. The Balaban J connectivity index is 2.37. The van der Waals surface area contributed by atoms with Crippen LogP contribution in [0.2, 0.25) is 5.02 Å². The predicted octanol–water partition coefficient (Wildman–Crippen LogP) is 4.22. The summed E-state index contributed by atoms with van der Waals surface area (Å²) in [7, 11) is 1.84. The van der Waals surface area contributed by atoms with E-state index in [9.17, 15) is 0 Å². The molecule has 0 unspecified atom stereocenters. The molecule has 20 heavy (non-hydrogen) atoms. The van der Waals surface area contributed by atoms with Crippen molar-refractivity contribution >= 4 is 17.4 Å². The molecule has 106 valence electrons. The van der Waals surface area contributed by atoms with Crippen molar-refractivity contribution in [2.24, 2.45) is 0 Å². The van der Waals surface area contributed by atoms with Gasteiger partial charge >= 0.3 is 0 Å². The summed E-state index contributed by atoms with van der Waals surface area (Å²) in [6.07, 6.45) is 3.32. The van der Waals surface area contributed by atoms with Crippen molar-refractivity contribution in [1.29, 1.82) is 0 Å². The monoisotopic (exact) mass is 291 g/mol. The Bertz CT molecular complexity index is 602. The van der Waals surface area contributed by atoms with Crippen LogP contribution in [0.5, 0.6) is 11.6 Å². The zero-order chi connectivity index (χ0) is 14.5. The molecule has 0 bridgehead atoms. The first kappa shape index (κ1) is 14.6. The molecule has 5 heteroatoms. The topological polar surface area (TPSA) is 47.0 Å². The van der Waals surface area contributed by atoms with Crippen molar-refractivity contribution in [1.82, 2.24) is 9.97 Å². The van der Waals surface area contributed by atoms with Gasteiger partial charge in [-0.2, -0.15) is 0 Å². The first-order valence-electron chi connectivity index (χ1n) is 6.61. The summed E-state index contributed by atoms with van der Waals surface area (Å²) < 4.78 is 5.87.